The van der Waals surface area contributed by atoms with Crippen molar-refractivity contribution in [2.75, 3.05) is 12.3 Å². The van der Waals surface area contributed by atoms with Gasteiger partial charge in [0.2, 0.25) is 0 Å². The lowest BCUT2D eigenvalue weighted by molar-refractivity contribution is -0.123. The molecule has 4 rings (SSSR count). The van der Waals surface area contributed by atoms with Gasteiger partial charge in [-0.15, -0.1) is 0 Å². The van der Waals surface area contributed by atoms with E-state index >= 15 is 0 Å². The number of hydrogen-bond donors (Lipinski definition) is 3. The minimum atomic E-state index is -0.153. The molecular formula is C24H24IN5O2. The van der Waals surface area contributed by atoms with Crippen molar-refractivity contribution in [2.45, 2.75) is 24.3 Å². The van der Waals surface area contributed by atoms with E-state index < -0.39 is 0 Å². The first-order chi connectivity index (χ1) is 15.5. The van der Waals surface area contributed by atoms with E-state index in [0.717, 1.165) is 45.1 Å². The number of ether oxygens (including phenoxy) is 1. The standard InChI is InChI=1S/C24H24IN5O2/c1-3-19-20(16-6-9-21-17(10-16)11-28-30-21)12-27-24(26)23(19)15-4-7-18(8-5-15)32-13-22(31)29-14(2)25/h4-12,14H,3,13H2,1-2H3,(H2,26,27)(H,28,30)(H,29,31). The second kappa shape index (κ2) is 9.56. The van der Waals surface area contributed by atoms with E-state index in [4.69, 9.17) is 10.5 Å². The number of H-pyrrole nitrogens is 1. The number of benzene rings is 2. The molecule has 0 aliphatic carbocycles. The van der Waals surface area contributed by atoms with Crippen LogP contribution >= 0.6 is 22.6 Å². The predicted octanol–water partition coefficient (Wildman–Crippen LogP) is 4.71. The van der Waals surface area contributed by atoms with Gasteiger partial charge in [0.25, 0.3) is 5.91 Å². The van der Waals surface area contributed by atoms with Crippen LogP contribution in [0, 0.1) is 0 Å². The highest BCUT2D eigenvalue weighted by atomic mass is 127. The van der Waals surface area contributed by atoms with Crippen molar-refractivity contribution >= 4 is 45.2 Å². The number of rotatable bonds is 7. The van der Waals surface area contributed by atoms with E-state index in [0.29, 0.717) is 11.6 Å². The van der Waals surface area contributed by atoms with Gasteiger partial charge in [0.15, 0.2) is 6.61 Å². The molecule has 1 amide bonds. The summed E-state index contributed by atoms with van der Waals surface area (Å²) in [5.74, 6) is 0.954. The van der Waals surface area contributed by atoms with Gasteiger partial charge in [-0.1, -0.05) is 47.7 Å². The number of hydrogen-bond acceptors (Lipinski definition) is 5. The number of fused-ring (bicyclic) bond motifs is 1. The topological polar surface area (TPSA) is 106 Å². The van der Waals surface area contributed by atoms with Gasteiger partial charge in [0.1, 0.15) is 11.6 Å². The first kappa shape index (κ1) is 22.1. The lowest BCUT2D eigenvalue weighted by Gasteiger charge is -2.16. The zero-order valence-electron chi connectivity index (χ0n) is 17.9. The third kappa shape index (κ3) is 4.69. The predicted molar refractivity (Wildman–Crippen MR) is 136 cm³/mol. The van der Waals surface area contributed by atoms with Crippen LogP contribution in [0.5, 0.6) is 5.75 Å². The maximum Gasteiger partial charge on any atom is 0.258 e. The number of carbonyl (C=O) groups is 1. The third-order valence-corrected chi connectivity index (χ3v) is 5.50. The maximum atomic E-state index is 11.8. The molecule has 0 saturated heterocycles. The summed E-state index contributed by atoms with van der Waals surface area (Å²) in [4.78, 5) is 16.3. The number of aromatic amines is 1. The van der Waals surface area contributed by atoms with Gasteiger partial charge in [-0.25, -0.2) is 4.98 Å². The average molecular weight is 541 g/mol. The number of halogens is 1. The Morgan fingerprint density at radius 3 is 2.66 bits per heavy atom. The fraction of sp³-hybridized carbons (Fsp3) is 0.208. The highest BCUT2D eigenvalue weighted by Crippen LogP contribution is 2.37. The molecule has 0 radical (unpaired) electrons. The van der Waals surface area contributed by atoms with Crippen LogP contribution in [0.15, 0.2) is 54.9 Å². The molecular weight excluding hydrogens is 517 g/mol. The van der Waals surface area contributed by atoms with Crippen LogP contribution in [0.2, 0.25) is 0 Å². The van der Waals surface area contributed by atoms with Gasteiger partial charge in [-0.3, -0.25) is 9.89 Å². The van der Waals surface area contributed by atoms with Gasteiger partial charge in [0.05, 0.1) is 15.8 Å². The van der Waals surface area contributed by atoms with E-state index in [-0.39, 0.29) is 16.6 Å². The molecule has 2 aromatic carbocycles. The van der Waals surface area contributed by atoms with Gasteiger partial charge in [-0.2, -0.15) is 5.10 Å². The number of aromatic nitrogens is 3. The van der Waals surface area contributed by atoms with Gasteiger partial charge < -0.3 is 15.8 Å². The highest BCUT2D eigenvalue weighted by molar-refractivity contribution is 14.1. The summed E-state index contributed by atoms with van der Waals surface area (Å²) in [6.45, 7) is 3.99. The molecule has 0 fully saturated rings. The number of nitrogen functional groups attached to an aromatic ring is 1. The molecule has 0 saturated carbocycles. The van der Waals surface area contributed by atoms with Gasteiger partial charge >= 0.3 is 0 Å². The second-order valence-electron chi connectivity index (χ2n) is 7.43. The molecule has 7 nitrogen and oxygen atoms in total. The number of nitrogens with two attached hydrogens (primary N) is 1. The molecule has 8 heteroatoms. The monoisotopic (exact) mass is 541 g/mol. The fourth-order valence-corrected chi connectivity index (χ4v) is 4.09. The molecule has 4 aromatic rings. The third-order valence-electron chi connectivity index (χ3n) is 5.19. The molecule has 32 heavy (non-hydrogen) atoms. The Morgan fingerprint density at radius 1 is 1.19 bits per heavy atom. The molecule has 0 aliphatic heterocycles. The summed E-state index contributed by atoms with van der Waals surface area (Å²) in [6, 6.07) is 13.8. The second-order valence-corrected chi connectivity index (χ2v) is 9.30. The lowest BCUT2D eigenvalue weighted by Crippen LogP contribution is -2.32. The van der Waals surface area contributed by atoms with Crippen molar-refractivity contribution in [1.82, 2.24) is 20.5 Å². The van der Waals surface area contributed by atoms with Crippen LogP contribution < -0.4 is 15.8 Å². The van der Waals surface area contributed by atoms with Crippen molar-refractivity contribution in [2.24, 2.45) is 0 Å². The molecule has 0 spiro atoms. The number of nitrogens with one attached hydrogen (secondary N) is 2. The number of pyridine rings is 1. The molecule has 0 bridgehead atoms. The van der Waals surface area contributed by atoms with Gasteiger partial charge in [0, 0.05) is 22.7 Å². The zero-order valence-corrected chi connectivity index (χ0v) is 20.0. The van der Waals surface area contributed by atoms with Crippen LogP contribution in [0.3, 0.4) is 0 Å². The number of carbonyl (C=O) groups excluding carboxylic acids is 1. The smallest absolute Gasteiger partial charge is 0.258 e. The molecule has 1 unspecified atom stereocenters. The van der Waals surface area contributed by atoms with E-state index in [1.165, 1.54) is 0 Å². The van der Waals surface area contributed by atoms with Crippen LogP contribution in [0.1, 0.15) is 19.4 Å². The quantitative estimate of drug-likeness (QED) is 0.179. The fourth-order valence-electron chi connectivity index (χ4n) is 3.74. The summed E-state index contributed by atoms with van der Waals surface area (Å²) in [6.07, 6.45) is 4.45. The first-order valence-corrected chi connectivity index (χ1v) is 11.6. The van der Waals surface area contributed by atoms with Gasteiger partial charge in [-0.05, 0) is 54.3 Å². The lowest BCUT2D eigenvalue weighted by atomic mass is 9.91. The first-order valence-electron chi connectivity index (χ1n) is 10.3. The molecule has 0 aliphatic rings. The summed E-state index contributed by atoms with van der Waals surface area (Å²) >= 11 is 2.13. The Balaban J connectivity index is 1.64. The Bertz CT molecular complexity index is 1250. The van der Waals surface area contributed by atoms with Crippen LogP contribution in [-0.2, 0) is 11.2 Å². The highest BCUT2D eigenvalue weighted by Gasteiger charge is 2.16. The molecule has 4 N–H and O–H groups in total. The number of amides is 1. The maximum absolute atomic E-state index is 11.8. The summed E-state index contributed by atoms with van der Waals surface area (Å²) in [5, 5.41) is 10.9. The number of nitrogens with zero attached hydrogens (tertiary/aromatic N) is 2. The van der Waals surface area contributed by atoms with Crippen LogP contribution in [0.4, 0.5) is 5.82 Å². The number of anilines is 1. The summed E-state index contributed by atoms with van der Waals surface area (Å²) in [7, 11) is 0. The largest absolute Gasteiger partial charge is 0.484 e. The Hall–Kier alpha value is -3.14. The minimum Gasteiger partial charge on any atom is -0.484 e. The minimum absolute atomic E-state index is 0.0252. The zero-order chi connectivity index (χ0) is 22.7. The molecule has 2 heterocycles. The Morgan fingerprint density at radius 2 is 1.94 bits per heavy atom. The molecule has 164 valence electrons. The summed E-state index contributed by atoms with van der Waals surface area (Å²) < 4.78 is 5.65. The van der Waals surface area contributed by atoms with Crippen molar-refractivity contribution in [3.63, 3.8) is 0 Å². The van der Waals surface area contributed by atoms with E-state index in [1.807, 2.05) is 49.6 Å². The summed E-state index contributed by atoms with van der Waals surface area (Å²) in [5.41, 5.74) is 12.4. The normalized spacial score (nSPS) is 12.0. The van der Waals surface area contributed by atoms with Crippen LogP contribution in [-0.4, -0.2) is 31.7 Å². The van der Waals surface area contributed by atoms with Crippen molar-refractivity contribution in [1.29, 1.82) is 0 Å². The Kier molecular flexibility index (Phi) is 6.59. The van der Waals surface area contributed by atoms with E-state index in [1.54, 1.807) is 0 Å². The van der Waals surface area contributed by atoms with Crippen molar-refractivity contribution < 1.29 is 9.53 Å². The van der Waals surface area contributed by atoms with E-state index in [2.05, 4.69) is 62.1 Å². The molecule has 2 aromatic heterocycles. The van der Waals surface area contributed by atoms with Crippen molar-refractivity contribution in [3.8, 4) is 28.0 Å². The van der Waals surface area contributed by atoms with Crippen molar-refractivity contribution in [3.05, 3.63) is 60.4 Å². The Labute approximate surface area is 199 Å². The van der Waals surface area contributed by atoms with E-state index in [9.17, 15) is 4.79 Å². The SMILES string of the molecule is CCc1c(-c2ccc3[nH]ncc3c2)cnc(N)c1-c1ccc(OCC(=O)NC(C)I)cc1. The van der Waals surface area contributed by atoms with Crippen LogP contribution in [0.25, 0.3) is 33.2 Å². The average Bonchev–Trinajstić information content (AvgIpc) is 3.25. The number of alkyl halides is 1. The molecule has 1 atom stereocenters.